The Labute approximate surface area is 198 Å². The molecule has 0 saturated carbocycles. The molecule has 34 heavy (non-hydrogen) atoms. The normalized spacial score (nSPS) is 15.1. The highest BCUT2D eigenvalue weighted by Crippen LogP contribution is 2.32. The summed E-state index contributed by atoms with van der Waals surface area (Å²) in [5.41, 5.74) is 2.65. The van der Waals surface area contributed by atoms with Crippen molar-refractivity contribution in [2.75, 3.05) is 7.11 Å². The summed E-state index contributed by atoms with van der Waals surface area (Å²) in [5.74, 6) is 1.59. The van der Waals surface area contributed by atoms with Gasteiger partial charge in [0.15, 0.2) is 0 Å². The zero-order valence-electron chi connectivity index (χ0n) is 19.0. The van der Waals surface area contributed by atoms with E-state index in [1.54, 1.807) is 7.11 Å². The van der Waals surface area contributed by atoms with Gasteiger partial charge in [0.05, 0.1) is 7.11 Å². The van der Waals surface area contributed by atoms with Crippen molar-refractivity contribution in [2.24, 2.45) is 5.10 Å². The summed E-state index contributed by atoms with van der Waals surface area (Å²) in [7, 11) is 1.61. The number of fused-ring (bicyclic) bond motifs is 1. The smallest absolute Gasteiger partial charge is 0.243 e. The number of hydrogen-bond donors (Lipinski definition) is 0. The Morgan fingerprint density at radius 1 is 0.941 bits per heavy atom. The molecule has 0 N–H and O–H groups in total. The van der Waals surface area contributed by atoms with E-state index in [-0.39, 0.29) is 5.91 Å². The van der Waals surface area contributed by atoms with Crippen LogP contribution < -0.4 is 9.47 Å². The molecule has 1 aliphatic heterocycles. The van der Waals surface area contributed by atoms with Crippen LogP contribution in [0.4, 0.5) is 0 Å². The van der Waals surface area contributed by atoms with Gasteiger partial charge < -0.3 is 14.2 Å². The molecule has 0 radical (unpaired) electrons. The summed E-state index contributed by atoms with van der Waals surface area (Å²) in [6.45, 7) is 1.90. The molecule has 0 bridgehead atoms. The van der Waals surface area contributed by atoms with Crippen molar-refractivity contribution >= 4 is 22.6 Å². The fourth-order valence-electron chi connectivity index (χ4n) is 3.97. The highest BCUT2D eigenvalue weighted by Gasteiger charge is 2.33. The quantitative estimate of drug-likeness (QED) is 0.378. The molecule has 4 aromatic carbocycles. The second-order valence-electron chi connectivity index (χ2n) is 7.97. The first-order valence-electron chi connectivity index (χ1n) is 11.0. The topological polar surface area (TPSA) is 60.4 Å². The second-order valence-corrected chi connectivity index (χ2v) is 7.97. The number of benzene rings is 4. The minimum atomic E-state index is -0.671. The van der Waals surface area contributed by atoms with Crippen LogP contribution >= 0.6 is 0 Å². The van der Waals surface area contributed by atoms with E-state index in [2.05, 4.69) is 29.4 Å². The summed E-state index contributed by atoms with van der Waals surface area (Å²) < 4.78 is 17.5. The van der Waals surface area contributed by atoms with Crippen LogP contribution in [0.25, 0.3) is 10.8 Å². The van der Waals surface area contributed by atoms with Crippen molar-refractivity contribution < 1.29 is 19.0 Å². The Morgan fingerprint density at radius 3 is 2.50 bits per heavy atom. The molecule has 0 spiro atoms. The van der Waals surface area contributed by atoms with Gasteiger partial charge in [-0.25, -0.2) is 0 Å². The van der Waals surface area contributed by atoms with Crippen LogP contribution in [0.5, 0.6) is 11.5 Å². The molecule has 0 fully saturated rings. The number of carbonyl (C=O) groups excluding carboxylic acids is 1. The fourth-order valence-corrected chi connectivity index (χ4v) is 3.97. The summed E-state index contributed by atoms with van der Waals surface area (Å²) in [5, 5.41) is 8.12. The van der Waals surface area contributed by atoms with Gasteiger partial charge in [0, 0.05) is 18.1 Å². The number of hydrazone groups is 1. The molecule has 0 aromatic heterocycles. The number of ether oxygens (including phenoxy) is 3. The molecular weight excluding hydrogens is 428 g/mol. The number of carbonyl (C=O) groups is 1. The zero-order chi connectivity index (χ0) is 23.5. The third-order valence-corrected chi connectivity index (χ3v) is 5.72. The van der Waals surface area contributed by atoms with Crippen LogP contribution in [0.3, 0.4) is 0 Å². The number of amides is 1. The first kappa shape index (κ1) is 21.5. The highest BCUT2D eigenvalue weighted by molar-refractivity contribution is 5.96. The molecule has 6 heteroatoms. The lowest BCUT2D eigenvalue weighted by molar-refractivity contribution is -0.135. The molecule has 1 aliphatic rings. The third-order valence-electron chi connectivity index (χ3n) is 5.72. The lowest BCUT2D eigenvalue weighted by atomic mass is 10.1. The Morgan fingerprint density at radius 2 is 1.71 bits per heavy atom. The van der Waals surface area contributed by atoms with Gasteiger partial charge in [-0.15, -0.1) is 5.10 Å². The van der Waals surface area contributed by atoms with Gasteiger partial charge in [-0.2, -0.15) is 5.01 Å². The molecule has 5 rings (SSSR count). The summed E-state index contributed by atoms with van der Waals surface area (Å²) in [4.78, 5) is 12.3. The standard InChI is InChI=1S/C28H24N2O4/c1-19(31)30-28(34-27(29-30)21-13-15-24(32-2)16-14-21)22-9-6-11-25(17-22)33-18-23-10-5-8-20-7-3-4-12-26(20)23/h3-17,28H,18H2,1-2H3. The van der Waals surface area contributed by atoms with Gasteiger partial charge >= 0.3 is 0 Å². The monoisotopic (exact) mass is 452 g/mol. The number of hydrogen-bond acceptors (Lipinski definition) is 5. The minimum Gasteiger partial charge on any atom is -0.497 e. The maximum Gasteiger partial charge on any atom is 0.243 e. The zero-order valence-corrected chi connectivity index (χ0v) is 19.0. The molecule has 0 saturated heterocycles. The molecule has 1 atom stereocenters. The largest absolute Gasteiger partial charge is 0.497 e. The van der Waals surface area contributed by atoms with Gasteiger partial charge in [0.2, 0.25) is 18.0 Å². The van der Waals surface area contributed by atoms with Gasteiger partial charge in [0.25, 0.3) is 0 Å². The Hall–Kier alpha value is -4.32. The summed E-state index contributed by atoms with van der Waals surface area (Å²) >= 11 is 0. The van der Waals surface area contributed by atoms with E-state index >= 15 is 0 Å². The van der Waals surface area contributed by atoms with Gasteiger partial charge in [0.1, 0.15) is 18.1 Å². The maximum atomic E-state index is 12.3. The van der Waals surface area contributed by atoms with E-state index in [9.17, 15) is 4.79 Å². The SMILES string of the molecule is COc1ccc(C2=NN(C(C)=O)C(c3cccc(OCc4cccc5ccccc45)c3)O2)cc1. The molecule has 6 nitrogen and oxygen atoms in total. The highest BCUT2D eigenvalue weighted by atomic mass is 16.5. The van der Waals surface area contributed by atoms with E-state index in [0.717, 1.165) is 22.4 Å². The first-order valence-corrected chi connectivity index (χ1v) is 11.0. The van der Waals surface area contributed by atoms with Crippen LogP contribution in [0.15, 0.2) is 96.1 Å². The fraction of sp³-hybridized carbons (Fsp3) is 0.143. The van der Waals surface area contributed by atoms with Crippen LogP contribution in [0.1, 0.15) is 29.8 Å². The Balaban J connectivity index is 1.36. The molecule has 0 aliphatic carbocycles. The predicted molar refractivity (Wildman–Crippen MR) is 131 cm³/mol. The van der Waals surface area contributed by atoms with Crippen molar-refractivity contribution in [1.29, 1.82) is 0 Å². The Bertz CT molecular complexity index is 1360. The van der Waals surface area contributed by atoms with Crippen LogP contribution in [0.2, 0.25) is 0 Å². The van der Waals surface area contributed by atoms with Crippen LogP contribution in [0, 0.1) is 0 Å². The van der Waals surface area contributed by atoms with Crippen molar-refractivity contribution in [3.63, 3.8) is 0 Å². The number of rotatable bonds is 6. The molecule has 4 aromatic rings. The van der Waals surface area contributed by atoms with E-state index < -0.39 is 6.23 Å². The van der Waals surface area contributed by atoms with Crippen LogP contribution in [-0.2, 0) is 16.1 Å². The third kappa shape index (κ3) is 4.30. The average molecular weight is 453 g/mol. The first-order chi connectivity index (χ1) is 16.6. The molecular formula is C28H24N2O4. The number of methoxy groups -OCH3 is 1. The van der Waals surface area contributed by atoms with Crippen molar-refractivity contribution in [3.05, 3.63) is 108 Å². The second kappa shape index (κ2) is 9.27. The van der Waals surface area contributed by atoms with Gasteiger partial charge in [-0.3, -0.25) is 4.79 Å². The predicted octanol–water partition coefficient (Wildman–Crippen LogP) is 5.67. The average Bonchev–Trinajstić information content (AvgIpc) is 3.34. The van der Waals surface area contributed by atoms with E-state index in [4.69, 9.17) is 14.2 Å². The molecule has 1 unspecified atom stereocenters. The van der Waals surface area contributed by atoms with Crippen molar-refractivity contribution in [1.82, 2.24) is 5.01 Å². The number of nitrogens with zero attached hydrogens (tertiary/aromatic N) is 2. The molecule has 1 amide bonds. The van der Waals surface area contributed by atoms with Gasteiger partial charge in [-0.05, 0) is 52.7 Å². The molecule has 170 valence electrons. The van der Waals surface area contributed by atoms with Gasteiger partial charge in [-0.1, -0.05) is 54.6 Å². The van der Waals surface area contributed by atoms with E-state index in [1.807, 2.05) is 66.7 Å². The molecule has 1 heterocycles. The van der Waals surface area contributed by atoms with E-state index in [1.165, 1.54) is 22.7 Å². The van der Waals surface area contributed by atoms with E-state index in [0.29, 0.717) is 18.3 Å². The lowest BCUT2D eigenvalue weighted by Crippen LogP contribution is -2.25. The lowest BCUT2D eigenvalue weighted by Gasteiger charge is -2.20. The summed E-state index contributed by atoms with van der Waals surface area (Å²) in [6.07, 6.45) is -0.671. The Kier molecular flexibility index (Phi) is 5.87. The summed E-state index contributed by atoms with van der Waals surface area (Å²) in [6, 6.07) is 29.4. The minimum absolute atomic E-state index is 0.212. The van der Waals surface area contributed by atoms with Crippen molar-refractivity contribution in [2.45, 2.75) is 19.8 Å². The maximum absolute atomic E-state index is 12.3. The van der Waals surface area contributed by atoms with Crippen molar-refractivity contribution in [3.8, 4) is 11.5 Å². The van der Waals surface area contributed by atoms with Crippen LogP contribution in [-0.4, -0.2) is 23.9 Å².